The van der Waals surface area contributed by atoms with Gasteiger partial charge in [0, 0.05) is 6.21 Å². The number of hydrogen-bond donors (Lipinski definition) is 0. The van der Waals surface area contributed by atoms with Gasteiger partial charge in [0.15, 0.2) is 5.78 Å². The van der Waals surface area contributed by atoms with Crippen LogP contribution in [0.4, 0.5) is 0 Å². The Bertz CT molecular complexity index is 342. The number of carbonyl (C=O) groups excluding carboxylic acids is 1. The zero-order valence-electron chi connectivity index (χ0n) is 7.47. The van der Waals surface area contributed by atoms with E-state index in [0.717, 1.165) is 5.56 Å². The maximum absolute atomic E-state index is 11.6. The second kappa shape index (κ2) is 3.13. The minimum Gasteiger partial charge on any atom is -0.296 e. The number of carbonyl (C=O) groups is 1. The average Bonchev–Trinajstić information content (AvgIpc) is 2.49. The quantitative estimate of drug-likeness (QED) is 0.638. The van der Waals surface area contributed by atoms with E-state index in [1.54, 1.807) is 6.21 Å². The van der Waals surface area contributed by atoms with Crippen molar-refractivity contribution < 1.29 is 4.79 Å². The van der Waals surface area contributed by atoms with Crippen LogP contribution in [-0.4, -0.2) is 12.0 Å². The van der Waals surface area contributed by atoms with Gasteiger partial charge >= 0.3 is 0 Å². The molecule has 0 saturated heterocycles. The van der Waals surface area contributed by atoms with Gasteiger partial charge in [-0.2, -0.15) is 0 Å². The average molecular weight is 173 g/mol. The molecule has 0 amide bonds. The number of rotatable bonds is 1. The van der Waals surface area contributed by atoms with Crippen LogP contribution < -0.4 is 0 Å². The molecule has 1 aliphatic heterocycles. The highest BCUT2D eigenvalue weighted by Gasteiger charge is 2.28. The Morgan fingerprint density at radius 2 is 1.92 bits per heavy atom. The van der Waals surface area contributed by atoms with E-state index in [0.29, 0.717) is 0 Å². The molecule has 1 aromatic rings. The summed E-state index contributed by atoms with van der Waals surface area (Å²) < 4.78 is 0. The Morgan fingerprint density at radius 3 is 2.46 bits per heavy atom. The molecule has 0 spiro atoms. The molecule has 0 bridgehead atoms. The lowest BCUT2D eigenvalue weighted by atomic mass is 9.99. The summed E-state index contributed by atoms with van der Waals surface area (Å²) in [5, 5.41) is 0. The highest BCUT2D eigenvalue weighted by atomic mass is 16.1. The monoisotopic (exact) mass is 173 g/mol. The van der Waals surface area contributed by atoms with Crippen LogP contribution in [0.5, 0.6) is 0 Å². The van der Waals surface area contributed by atoms with E-state index in [1.807, 2.05) is 37.3 Å². The first-order valence-electron chi connectivity index (χ1n) is 4.41. The Labute approximate surface area is 77.3 Å². The van der Waals surface area contributed by atoms with Gasteiger partial charge in [-0.15, -0.1) is 0 Å². The molecule has 2 unspecified atom stereocenters. The molecule has 0 N–H and O–H groups in total. The van der Waals surface area contributed by atoms with E-state index < -0.39 is 0 Å². The highest BCUT2D eigenvalue weighted by Crippen LogP contribution is 2.25. The number of Topliss-reactive ketones (excluding diaryl/α,β-unsaturated/α-hetero) is 1. The first-order valence-corrected chi connectivity index (χ1v) is 4.41. The number of benzene rings is 1. The fourth-order valence-electron chi connectivity index (χ4n) is 1.50. The summed E-state index contributed by atoms with van der Waals surface area (Å²) in [5.41, 5.74) is 0.994. The Kier molecular flexibility index (Phi) is 1.97. The van der Waals surface area contributed by atoms with Crippen molar-refractivity contribution in [1.82, 2.24) is 0 Å². The largest absolute Gasteiger partial charge is 0.296 e. The molecule has 66 valence electrons. The van der Waals surface area contributed by atoms with Crippen molar-refractivity contribution in [2.24, 2.45) is 10.9 Å². The molecule has 0 aliphatic carbocycles. The van der Waals surface area contributed by atoms with Crippen molar-refractivity contribution in [1.29, 1.82) is 0 Å². The van der Waals surface area contributed by atoms with Crippen molar-refractivity contribution in [2.45, 2.75) is 13.0 Å². The first-order chi connectivity index (χ1) is 6.29. The minimum atomic E-state index is -0.254. The maximum Gasteiger partial charge on any atom is 0.169 e. The summed E-state index contributed by atoms with van der Waals surface area (Å²) in [6.07, 6.45) is 1.74. The van der Waals surface area contributed by atoms with E-state index >= 15 is 0 Å². The van der Waals surface area contributed by atoms with E-state index in [-0.39, 0.29) is 17.7 Å². The molecule has 2 heteroatoms. The predicted molar refractivity (Wildman–Crippen MR) is 51.8 cm³/mol. The smallest absolute Gasteiger partial charge is 0.169 e. The third-order valence-corrected chi connectivity index (χ3v) is 2.29. The molecule has 2 nitrogen and oxygen atoms in total. The summed E-state index contributed by atoms with van der Waals surface area (Å²) >= 11 is 0. The standard InChI is InChI=1S/C11H11NO/c1-8-7-12-10(11(8)13)9-5-3-2-4-6-9/h2-8,10H,1H3. The molecule has 2 rings (SSSR count). The van der Waals surface area contributed by atoms with Crippen molar-refractivity contribution in [3.8, 4) is 0 Å². The third-order valence-electron chi connectivity index (χ3n) is 2.29. The zero-order valence-corrected chi connectivity index (χ0v) is 7.47. The van der Waals surface area contributed by atoms with Crippen LogP contribution in [-0.2, 0) is 4.79 Å². The lowest BCUT2D eigenvalue weighted by Crippen LogP contribution is -2.11. The van der Waals surface area contributed by atoms with Crippen molar-refractivity contribution >= 4 is 12.0 Å². The Balaban J connectivity index is 2.30. The molecule has 0 aromatic heterocycles. The van der Waals surface area contributed by atoms with Crippen molar-refractivity contribution in [2.75, 3.05) is 0 Å². The summed E-state index contributed by atoms with van der Waals surface area (Å²) in [4.78, 5) is 15.8. The Hall–Kier alpha value is -1.44. The van der Waals surface area contributed by atoms with Crippen LogP contribution >= 0.6 is 0 Å². The van der Waals surface area contributed by atoms with Gasteiger partial charge in [0.05, 0.1) is 5.92 Å². The van der Waals surface area contributed by atoms with Crippen LogP contribution in [0.1, 0.15) is 18.5 Å². The van der Waals surface area contributed by atoms with Gasteiger partial charge in [-0.1, -0.05) is 37.3 Å². The van der Waals surface area contributed by atoms with Crippen LogP contribution in [0.25, 0.3) is 0 Å². The third kappa shape index (κ3) is 1.39. The zero-order chi connectivity index (χ0) is 9.26. The van der Waals surface area contributed by atoms with E-state index in [9.17, 15) is 4.79 Å². The second-order valence-electron chi connectivity index (χ2n) is 3.30. The normalized spacial score (nSPS) is 26.7. The first kappa shape index (κ1) is 8.17. The minimum absolute atomic E-state index is 0.0230. The second-order valence-corrected chi connectivity index (χ2v) is 3.30. The van der Waals surface area contributed by atoms with Crippen LogP contribution in [0.15, 0.2) is 35.3 Å². The van der Waals surface area contributed by atoms with Crippen LogP contribution in [0.2, 0.25) is 0 Å². The number of nitrogens with zero attached hydrogens (tertiary/aromatic N) is 1. The fourth-order valence-corrected chi connectivity index (χ4v) is 1.50. The molecule has 1 heterocycles. The number of ketones is 1. The predicted octanol–water partition coefficient (Wildman–Crippen LogP) is 2.02. The van der Waals surface area contributed by atoms with Gasteiger partial charge in [-0.3, -0.25) is 9.79 Å². The molecule has 13 heavy (non-hydrogen) atoms. The Morgan fingerprint density at radius 1 is 1.23 bits per heavy atom. The molecule has 0 radical (unpaired) electrons. The van der Waals surface area contributed by atoms with E-state index in [2.05, 4.69) is 4.99 Å². The summed E-state index contributed by atoms with van der Waals surface area (Å²) in [7, 11) is 0. The molecule has 0 fully saturated rings. The van der Waals surface area contributed by atoms with Gasteiger partial charge < -0.3 is 0 Å². The summed E-state index contributed by atoms with van der Waals surface area (Å²) in [5.74, 6) is 0.177. The van der Waals surface area contributed by atoms with Crippen LogP contribution in [0.3, 0.4) is 0 Å². The van der Waals surface area contributed by atoms with Gasteiger partial charge in [-0.05, 0) is 5.56 Å². The topological polar surface area (TPSA) is 29.4 Å². The van der Waals surface area contributed by atoms with Crippen LogP contribution in [0, 0.1) is 5.92 Å². The van der Waals surface area contributed by atoms with Gasteiger partial charge in [0.2, 0.25) is 0 Å². The van der Waals surface area contributed by atoms with Gasteiger partial charge in [0.25, 0.3) is 0 Å². The molecule has 0 saturated carbocycles. The van der Waals surface area contributed by atoms with Gasteiger partial charge in [-0.25, -0.2) is 0 Å². The lowest BCUT2D eigenvalue weighted by Gasteiger charge is -2.06. The number of hydrogen-bond acceptors (Lipinski definition) is 2. The van der Waals surface area contributed by atoms with Gasteiger partial charge in [0.1, 0.15) is 6.04 Å². The molecular weight excluding hydrogens is 162 g/mol. The molecule has 2 atom stereocenters. The summed E-state index contributed by atoms with van der Waals surface area (Å²) in [6, 6.07) is 9.44. The molecule has 1 aromatic carbocycles. The summed E-state index contributed by atoms with van der Waals surface area (Å²) in [6.45, 7) is 1.88. The number of aliphatic imine (C=N–C) groups is 1. The molecular formula is C11H11NO. The lowest BCUT2D eigenvalue weighted by molar-refractivity contribution is -0.120. The van der Waals surface area contributed by atoms with E-state index in [4.69, 9.17) is 0 Å². The molecule has 1 aliphatic rings. The van der Waals surface area contributed by atoms with Crippen molar-refractivity contribution in [3.05, 3.63) is 35.9 Å². The maximum atomic E-state index is 11.6. The van der Waals surface area contributed by atoms with Crippen molar-refractivity contribution in [3.63, 3.8) is 0 Å². The van der Waals surface area contributed by atoms with E-state index in [1.165, 1.54) is 0 Å². The highest BCUT2D eigenvalue weighted by molar-refractivity contribution is 6.03. The SMILES string of the molecule is CC1C=NC(c2ccccc2)C1=O. The fraction of sp³-hybridized carbons (Fsp3) is 0.273.